The highest BCUT2D eigenvalue weighted by atomic mass is 16.5. The number of nitrogens with one attached hydrogen (secondary N) is 1. The van der Waals surface area contributed by atoms with Crippen molar-refractivity contribution in [3.05, 3.63) is 23.8 Å². The smallest absolute Gasteiger partial charge is 0.256 e. The van der Waals surface area contributed by atoms with E-state index in [2.05, 4.69) is 25.2 Å². The average molecular weight is 332 g/mol. The summed E-state index contributed by atoms with van der Waals surface area (Å²) in [5.41, 5.74) is -0.0621. The Morgan fingerprint density at radius 1 is 1.38 bits per heavy atom. The van der Waals surface area contributed by atoms with Crippen molar-refractivity contribution in [2.75, 3.05) is 18.5 Å². The van der Waals surface area contributed by atoms with E-state index < -0.39 is 5.60 Å². The Kier molecular flexibility index (Phi) is 7.73. The molecule has 0 aromatic heterocycles. The minimum atomic E-state index is -0.907. The van der Waals surface area contributed by atoms with Gasteiger partial charge in [-0.3, -0.25) is 4.79 Å². The third-order valence-electron chi connectivity index (χ3n) is 3.72. The summed E-state index contributed by atoms with van der Waals surface area (Å²) in [7, 11) is 0. The molecule has 1 N–H and O–H groups in total. The Balaban J connectivity index is 2.90. The predicted molar refractivity (Wildman–Crippen MR) is 95.1 cm³/mol. The highest BCUT2D eigenvalue weighted by molar-refractivity contribution is 5.98. The van der Waals surface area contributed by atoms with E-state index in [1.54, 1.807) is 25.1 Å². The van der Waals surface area contributed by atoms with Crippen LogP contribution < -0.4 is 10.1 Å². The first-order chi connectivity index (χ1) is 11.4. The average Bonchev–Trinajstić information content (AvgIpc) is 2.58. The van der Waals surface area contributed by atoms with Crippen molar-refractivity contribution < 1.29 is 14.3 Å². The standard InChI is InChI=1S/C19H28N2O3/c1-6-10-24-19(5,7-2)18(22)21-17-9-8-16(11-15(17)12-20)23-13-14(3)4/h8-9,11,14H,6-7,10,13H2,1-5H3,(H,21,22)/t19-/m1/s1. The normalized spacial score (nSPS) is 13.2. The Morgan fingerprint density at radius 2 is 2.08 bits per heavy atom. The van der Waals surface area contributed by atoms with Gasteiger partial charge in [0.25, 0.3) is 5.91 Å². The van der Waals surface area contributed by atoms with Gasteiger partial charge in [-0.2, -0.15) is 5.26 Å². The van der Waals surface area contributed by atoms with Crippen LogP contribution in [0.4, 0.5) is 5.69 Å². The molecule has 0 heterocycles. The molecule has 1 aromatic rings. The number of hydrogen-bond acceptors (Lipinski definition) is 4. The summed E-state index contributed by atoms with van der Waals surface area (Å²) in [6, 6.07) is 7.21. The molecule has 1 amide bonds. The number of carbonyl (C=O) groups excluding carboxylic acids is 1. The summed E-state index contributed by atoms with van der Waals surface area (Å²) >= 11 is 0. The van der Waals surface area contributed by atoms with E-state index in [4.69, 9.17) is 9.47 Å². The minimum absolute atomic E-state index is 0.245. The van der Waals surface area contributed by atoms with Crippen LogP contribution in [0.1, 0.15) is 53.0 Å². The number of rotatable bonds is 9. The van der Waals surface area contributed by atoms with Gasteiger partial charge >= 0.3 is 0 Å². The van der Waals surface area contributed by atoms with Gasteiger partial charge in [0.2, 0.25) is 0 Å². The Labute approximate surface area is 145 Å². The molecule has 132 valence electrons. The lowest BCUT2D eigenvalue weighted by molar-refractivity contribution is -0.139. The highest BCUT2D eigenvalue weighted by Gasteiger charge is 2.32. The maximum absolute atomic E-state index is 12.6. The van der Waals surface area contributed by atoms with E-state index in [0.717, 1.165) is 6.42 Å². The summed E-state index contributed by atoms with van der Waals surface area (Å²) < 4.78 is 11.3. The maximum Gasteiger partial charge on any atom is 0.256 e. The van der Waals surface area contributed by atoms with Crippen LogP contribution in [0.15, 0.2) is 18.2 Å². The van der Waals surface area contributed by atoms with E-state index in [0.29, 0.717) is 42.6 Å². The molecule has 1 rings (SSSR count). The van der Waals surface area contributed by atoms with Gasteiger partial charge in [-0.05, 0) is 43.9 Å². The Morgan fingerprint density at radius 3 is 2.62 bits per heavy atom. The lowest BCUT2D eigenvalue weighted by atomic mass is 10.0. The first-order valence-electron chi connectivity index (χ1n) is 8.48. The van der Waals surface area contributed by atoms with Crippen LogP contribution >= 0.6 is 0 Å². The molecule has 5 nitrogen and oxygen atoms in total. The molecule has 0 unspecified atom stereocenters. The van der Waals surface area contributed by atoms with E-state index in [1.807, 2.05) is 13.8 Å². The van der Waals surface area contributed by atoms with E-state index in [9.17, 15) is 10.1 Å². The quantitative estimate of drug-likeness (QED) is 0.738. The van der Waals surface area contributed by atoms with Crippen LogP contribution in [-0.2, 0) is 9.53 Å². The lowest BCUT2D eigenvalue weighted by Crippen LogP contribution is -2.42. The zero-order valence-electron chi connectivity index (χ0n) is 15.3. The van der Waals surface area contributed by atoms with Gasteiger partial charge in [0.15, 0.2) is 0 Å². The molecule has 24 heavy (non-hydrogen) atoms. The number of benzene rings is 1. The number of amides is 1. The van der Waals surface area contributed by atoms with Crippen LogP contribution in [0.5, 0.6) is 5.75 Å². The minimum Gasteiger partial charge on any atom is -0.493 e. The van der Waals surface area contributed by atoms with Crippen molar-refractivity contribution in [1.82, 2.24) is 0 Å². The fourth-order valence-electron chi connectivity index (χ4n) is 1.99. The molecule has 0 aliphatic rings. The number of anilines is 1. The van der Waals surface area contributed by atoms with Gasteiger partial charge in [-0.1, -0.05) is 27.7 Å². The van der Waals surface area contributed by atoms with Gasteiger partial charge < -0.3 is 14.8 Å². The van der Waals surface area contributed by atoms with Crippen molar-refractivity contribution in [3.8, 4) is 11.8 Å². The Bertz CT molecular complexity index is 593. The van der Waals surface area contributed by atoms with Gasteiger partial charge in [-0.15, -0.1) is 0 Å². The van der Waals surface area contributed by atoms with Gasteiger partial charge in [-0.25, -0.2) is 0 Å². The molecule has 0 saturated heterocycles. The fraction of sp³-hybridized carbons (Fsp3) is 0.579. The summed E-state index contributed by atoms with van der Waals surface area (Å²) in [5.74, 6) is 0.778. The largest absolute Gasteiger partial charge is 0.493 e. The van der Waals surface area contributed by atoms with E-state index in [1.165, 1.54) is 0 Å². The lowest BCUT2D eigenvalue weighted by Gasteiger charge is -2.27. The van der Waals surface area contributed by atoms with Crippen molar-refractivity contribution >= 4 is 11.6 Å². The van der Waals surface area contributed by atoms with Crippen molar-refractivity contribution in [3.63, 3.8) is 0 Å². The second kappa shape index (κ2) is 9.29. The number of carbonyl (C=O) groups is 1. The van der Waals surface area contributed by atoms with Crippen LogP contribution in [0.3, 0.4) is 0 Å². The molecule has 0 fully saturated rings. The van der Waals surface area contributed by atoms with Crippen LogP contribution in [-0.4, -0.2) is 24.7 Å². The topological polar surface area (TPSA) is 71.3 Å². The summed E-state index contributed by atoms with van der Waals surface area (Å²) in [6.07, 6.45) is 1.39. The fourth-order valence-corrected chi connectivity index (χ4v) is 1.99. The second-order valence-corrected chi connectivity index (χ2v) is 6.41. The van der Waals surface area contributed by atoms with Crippen LogP contribution in [0, 0.1) is 17.2 Å². The molecule has 0 saturated carbocycles. The molecular formula is C19H28N2O3. The summed E-state index contributed by atoms with van der Waals surface area (Å²) in [6.45, 7) is 10.9. The zero-order valence-corrected chi connectivity index (χ0v) is 15.3. The number of ether oxygens (including phenoxy) is 2. The molecule has 0 aliphatic carbocycles. The zero-order chi connectivity index (χ0) is 18.2. The molecule has 0 spiro atoms. The van der Waals surface area contributed by atoms with Crippen molar-refractivity contribution in [2.45, 2.75) is 53.1 Å². The molecule has 1 atom stereocenters. The molecular weight excluding hydrogens is 304 g/mol. The third-order valence-corrected chi connectivity index (χ3v) is 3.72. The summed E-state index contributed by atoms with van der Waals surface area (Å²) in [5, 5.41) is 12.2. The van der Waals surface area contributed by atoms with E-state index in [-0.39, 0.29) is 5.91 Å². The number of nitrogens with zero attached hydrogens (tertiary/aromatic N) is 1. The van der Waals surface area contributed by atoms with Gasteiger partial charge in [0.1, 0.15) is 17.4 Å². The molecule has 1 aromatic carbocycles. The molecule has 5 heteroatoms. The highest BCUT2D eigenvalue weighted by Crippen LogP contribution is 2.25. The molecule has 0 radical (unpaired) electrons. The number of hydrogen-bond donors (Lipinski definition) is 1. The van der Waals surface area contributed by atoms with Gasteiger partial charge in [0, 0.05) is 6.61 Å². The first-order valence-corrected chi connectivity index (χ1v) is 8.48. The maximum atomic E-state index is 12.6. The first kappa shape index (κ1) is 20.0. The van der Waals surface area contributed by atoms with Crippen molar-refractivity contribution in [1.29, 1.82) is 5.26 Å². The van der Waals surface area contributed by atoms with Crippen LogP contribution in [0.25, 0.3) is 0 Å². The van der Waals surface area contributed by atoms with Gasteiger partial charge in [0.05, 0.1) is 17.9 Å². The summed E-state index contributed by atoms with van der Waals surface area (Å²) in [4.78, 5) is 12.6. The third kappa shape index (κ3) is 5.54. The van der Waals surface area contributed by atoms with Crippen LogP contribution in [0.2, 0.25) is 0 Å². The SMILES string of the molecule is CCCO[C@](C)(CC)C(=O)Nc1ccc(OCC(C)C)cc1C#N. The van der Waals surface area contributed by atoms with E-state index >= 15 is 0 Å². The number of nitriles is 1. The predicted octanol–water partition coefficient (Wildman–Crippen LogP) is 4.13. The second-order valence-electron chi connectivity index (χ2n) is 6.41. The Hall–Kier alpha value is -2.06. The molecule has 0 bridgehead atoms. The van der Waals surface area contributed by atoms with Crippen molar-refractivity contribution in [2.24, 2.45) is 5.92 Å². The monoisotopic (exact) mass is 332 g/mol. The molecule has 0 aliphatic heterocycles.